The molecule has 0 amide bonds. The molecule has 4 heteroatoms. The molecule has 2 aromatic rings. The maximum absolute atomic E-state index is 5.88. The predicted octanol–water partition coefficient (Wildman–Crippen LogP) is 2.94. The maximum atomic E-state index is 5.88. The maximum Gasteiger partial charge on any atom is 0.218 e. The Morgan fingerprint density at radius 3 is 2.81 bits per heavy atom. The van der Waals surface area contributed by atoms with Crippen molar-refractivity contribution in [2.24, 2.45) is 0 Å². The van der Waals surface area contributed by atoms with Gasteiger partial charge in [-0.25, -0.2) is 4.98 Å². The summed E-state index contributed by atoms with van der Waals surface area (Å²) in [5.74, 6) is 1.57. The van der Waals surface area contributed by atoms with Gasteiger partial charge < -0.3 is 14.8 Å². The largest absolute Gasteiger partial charge is 0.490 e. The van der Waals surface area contributed by atoms with E-state index in [1.54, 1.807) is 13.3 Å². The SMILES string of the molecule is CNC(c1cccc(OC2CC2)c1)c1cccnc1OC. The highest BCUT2D eigenvalue weighted by atomic mass is 16.5. The van der Waals surface area contributed by atoms with Gasteiger partial charge in [0.05, 0.1) is 19.3 Å². The van der Waals surface area contributed by atoms with Gasteiger partial charge in [-0.2, -0.15) is 0 Å². The first-order chi connectivity index (χ1) is 10.3. The van der Waals surface area contributed by atoms with Crippen LogP contribution < -0.4 is 14.8 Å². The highest BCUT2D eigenvalue weighted by Crippen LogP contribution is 2.32. The number of pyridine rings is 1. The molecule has 1 aromatic heterocycles. The average Bonchev–Trinajstić information content (AvgIpc) is 3.33. The van der Waals surface area contributed by atoms with Gasteiger partial charge in [-0.3, -0.25) is 0 Å². The van der Waals surface area contributed by atoms with E-state index in [1.165, 1.54) is 0 Å². The average molecular weight is 284 g/mol. The Hall–Kier alpha value is -2.07. The van der Waals surface area contributed by atoms with Crippen molar-refractivity contribution in [2.45, 2.75) is 25.0 Å². The van der Waals surface area contributed by atoms with E-state index < -0.39 is 0 Å². The van der Waals surface area contributed by atoms with Crippen LogP contribution in [0.1, 0.15) is 30.0 Å². The van der Waals surface area contributed by atoms with Gasteiger partial charge >= 0.3 is 0 Å². The van der Waals surface area contributed by atoms with Gasteiger partial charge in [-0.15, -0.1) is 0 Å². The van der Waals surface area contributed by atoms with Crippen LogP contribution in [0, 0.1) is 0 Å². The smallest absolute Gasteiger partial charge is 0.218 e. The van der Waals surface area contributed by atoms with Crippen LogP contribution in [0.2, 0.25) is 0 Å². The lowest BCUT2D eigenvalue weighted by atomic mass is 9.99. The van der Waals surface area contributed by atoms with Gasteiger partial charge in [-0.1, -0.05) is 18.2 Å². The molecule has 1 heterocycles. The first-order valence-corrected chi connectivity index (χ1v) is 7.24. The first-order valence-electron chi connectivity index (χ1n) is 7.24. The third kappa shape index (κ3) is 3.16. The lowest BCUT2D eigenvalue weighted by molar-refractivity contribution is 0.302. The molecular formula is C17H20N2O2. The molecule has 21 heavy (non-hydrogen) atoms. The molecule has 110 valence electrons. The minimum absolute atomic E-state index is 0.0244. The van der Waals surface area contributed by atoms with E-state index in [-0.39, 0.29) is 6.04 Å². The standard InChI is InChI=1S/C17H20N2O2/c1-18-16(15-7-4-10-19-17(15)20-2)12-5-3-6-14(11-12)21-13-8-9-13/h3-7,10-11,13,16,18H,8-9H2,1-2H3. The molecule has 1 aliphatic carbocycles. The van der Waals surface area contributed by atoms with Crippen LogP contribution >= 0.6 is 0 Å². The fourth-order valence-corrected chi connectivity index (χ4v) is 2.44. The molecule has 1 saturated carbocycles. The summed E-state index contributed by atoms with van der Waals surface area (Å²) in [4.78, 5) is 4.28. The number of hydrogen-bond donors (Lipinski definition) is 1. The summed E-state index contributed by atoms with van der Waals surface area (Å²) >= 11 is 0. The van der Waals surface area contributed by atoms with Crippen LogP contribution in [-0.4, -0.2) is 25.2 Å². The number of rotatable bonds is 6. The highest BCUT2D eigenvalue weighted by molar-refractivity contribution is 5.40. The van der Waals surface area contributed by atoms with Crippen LogP contribution in [0.25, 0.3) is 0 Å². The molecule has 1 fully saturated rings. The van der Waals surface area contributed by atoms with Crippen LogP contribution in [0.4, 0.5) is 0 Å². The fourth-order valence-electron chi connectivity index (χ4n) is 2.44. The minimum Gasteiger partial charge on any atom is -0.490 e. The lowest BCUT2D eigenvalue weighted by Gasteiger charge is -2.19. The predicted molar refractivity (Wildman–Crippen MR) is 81.8 cm³/mol. The van der Waals surface area contributed by atoms with Crippen molar-refractivity contribution >= 4 is 0 Å². The summed E-state index contributed by atoms with van der Waals surface area (Å²) < 4.78 is 11.3. The van der Waals surface area contributed by atoms with E-state index in [2.05, 4.69) is 22.4 Å². The summed E-state index contributed by atoms with van der Waals surface area (Å²) in [6.45, 7) is 0. The number of nitrogens with one attached hydrogen (secondary N) is 1. The monoisotopic (exact) mass is 284 g/mol. The van der Waals surface area contributed by atoms with E-state index in [1.807, 2.05) is 31.3 Å². The van der Waals surface area contributed by atoms with Gasteiger partial charge in [0.25, 0.3) is 0 Å². The molecule has 1 unspecified atom stereocenters. The quantitative estimate of drug-likeness (QED) is 0.885. The zero-order valence-corrected chi connectivity index (χ0v) is 12.4. The number of nitrogens with zero attached hydrogens (tertiary/aromatic N) is 1. The second-order valence-electron chi connectivity index (χ2n) is 5.21. The van der Waals surface area contributed by atoms with Crippen LogP contribution in [-0.2, 0) is 0 Å². The molecule has 3 rings (SSSR count). The molecule has 1 aromatic carbocycles. The highest BCUT2D eigenvalue weighted by Gasteiger charge is 2.24. The summed E-state index contributed by atoms with van der Waals surface area (Å²) in [5.41, 5.74) is 2.16. The zero-order valence-electron chi connectivity index (χ0n) is 12.4. The second-order valence-corrected chi connectivity index (χ2v) is 5.21. The fraction of sp³-hybridized carbons (Fsp3) is 0.353. The van der Waals surface area contributed by atoms with Gasteiger partial charge in [0, 0.05) is 11.8 Å². The molecular weight excluding hydrogens is 264 g/mol. The molecule has 1 atom stereocenters. The molecule has 0 bridgehead atoms. The van der Waals surface area contributed by atoms with Crippen molar-refractivity contribution in [1.82, 2.24) is 10.3 Å². The topological polar surface area (TPSA) is 43.4 Å². The third-order valence-corrected chi connectivity index (χ3v) is 3.61. The Labute approximate surface area is 125 Å². The second kappa shape index (κ2) is 6.14. The number of hydrogen-bond acceptors (Lipinski definition) is 4. The summed E-state index contributed by atoms with van der Waals surface area (Å²) in [5, 5.41) is 3.33. The van der Waals surface area contributed by atoms with Crippen molar-refractivity contribution in [3.05, 3.63) is 53.7 Å². The van der Waals surface area contributed by atoms with E-state index in [0.29, 0.717) is 12.0 Å². The van der Waals surface area contributed by atoms with Crippen molar-refractivity contribution in [2.75, 3.05) is 14.2 Å². The Morgan fingerprint density at radius 2 is 2.10 bits per heavy atom. The van der Waals surface area contributed by atoms with Crippen LogP contribution in [0.5, 0.6) is 11.6 Å². The molecule has 1 aliphatic rings. The van der Waals surface area contributed by atoms with Crippen LogP contribution in [0.3, 0.4) is 0 Å². The van der Waals surface area contributed by atoms with E-state index >= 15 is 0 Å². The summed E-state index contributed by atoms with van der Waals surface area (Å²) in [6.07, 6.45) is 4.47. The minimum atomic E-state index is 0.0244. The molecule has 0 spiro atoms. The number of benzene rings is 1. The van der Waals surface area contributed by atoms with E-state index in [9.17, 15) is 0 Å². The summed E-state index contributed by atoms with van der Waals surface area (Å²) in [6, 6.07) is 12.2. The lowest BCUT2D eigenvalue weighted by Crippen LogP contribution is -2.19. The van der Waals surface area contributed by atoms with Crippen LogP contribution in [0.15, 0.2) is 42.6 Å². The van der Waals surface area contributed by atoms with Gasteiger partial charge in [0.15, 0.2) is 0 Å². The molecule has 0 radical (unpaired) electrons. The van der Waals surface area contributed by atoms with Crippen molar-refractivity contribution in [1.29, 1.82) is 0 Å². The number of methoxy groups -OCH3 is 1. The molecule has 0 aliphatic heterocycles. The number of aromatic nitrogens is 1. The Kier molecular flexibility index (Phi) is 4.06. The van der Waals surface area contributed by atoms with Gasteiger partial charge in [-0.05, 0) is 43.7 Å². The molecule has 4 nitrogen and oxygen atoms in total. The van der Waals surface area contributed by atoms with Crippen molar-refractivity contribution in [3.8, 4) is 11.6 Å². The first kappa shape index (κ1) is 13.9. The Balaban J connectivity index is 1.91. The Bertz CT molecular complexity index is 611. The van der Waals surface area contributed by atoms with E-state index in [0.717, 1.165) is 29.7 Å². The zero-order chi connectivity index (χ0) is 14.7. The third-order valence-electron chi connectivity index (χ3n) is 3.61. The molecule has 1 N–H and O–H groups in total. The van der Waals surface area contributed by atoms with Gasteiger partial charge in [0.2, 0.25) is 5.88 Å². The van der Waals surface area contributed by atoms with Gasteiger partial charge in [0.1, 0.15) is 5.75 Å². The number of ether oxygens (including phenoxy) is 2. The van der Waals surface area contributed by atoms with Crippen molar-refractivity contribution in [3.63, 3.8) is 0 Å². The molecule has 0 saturated heterocycles. The van der Waals surface area contributed by atoms with E-state index in [4.69, 9.17) is 9.47 Å². The Morgan fingerprint density at radius 1 is 1.24 bits per heavy atom. The normalized spacial score (nSPS) is 15.5. The summed E-state index contributed by atoms with van der Waals surface area (Å²) in [7, 11) is 3.58. The van der Waals surface area contributed by atoms with Crippen molar-refractivity contribution < 1.29 is 9.47 Å².